The SMILES string of the molecule is N#CC(C[C@@H]1CCCNC1=O)NC(=O)C(CC1CC1)NC(=O)c1cc2ccc(Cl)cc2[nH]1. The molecule has 1 aliphatic carbocycles. The Kier molecular flexibility index (Phi) is 6.66. The van der Waals surface area contributed by atoms with E-state index in [9.17, 15) is 19.6 Å². The van der Waals surface area contributed by atoms with Crippen LogP contribution in [0.5, 0.6) is 0 Å². The highest BCUT2D eigenvalue weighted by atomic mass is 35.5. The molecule has 4 N–H and O–H groups in total. The summed E-state index contributed by atoms with van der Waals surface area (Å²) in [6.07, 6.45) is 4.39. The molecule has 0 spiro atoms. The van der Waals surface area contributed by atoms with Gasteiger partial charge in [-0.1, -0.05) is 30.5 Å². The largest absolute Gasteiger partial charge is 0.356 e. The molecule has 4 rings (SSSR count). The lowest BCUT2D eigenvalue weighted by atomic mass is 9.92. The van der Waals surface area contributed by atoms with Crippen LogP contribution in [0.2, 0.25) is 5.02 Å². The molecular weight excluding hydrogens is 430 g/mol. The summed E-state index contributed by atoms with van der Waals surface area (Å²) in [5, 5.41) is 19.3. The van der Waals surface area contributed by atoms with Gasteiger partial charge in [0.15, 0.2) is 0 Å². The Hall–Kier alpha value is -3.05. The second-order valence-electron chi connectivity index (χ2n) is 8.68. The minimum Gasteiger partial charge on any atom is -0.356 e. The van der Waals surface area contributed by atoms with Crippen molar-refractivity contribution in [3.63, 3.8) is 0 Å². The number of fused-ring (bicyclic) bond motifs is 1. The summed E-state index contributed by atoms with van der Waals surface area (Å²) >= 11 is 6.01. The van der Waals surface area contributed by atoms with Crippen LogP contribution in [0.25, 0.3) is 10.9 Å². The molecule has 2 fully saturated rings. The molecule has 1 aromatic heterocycles. The Morgan fingerprint density at radius 3 is 2.72 bits per heavy atom. The van der Waals surface area contributed by atoms with Crippen LogP contribution < -0.4 is 16.0 Å². The number of benzene rings is 1. The third-order valence-corrected chi connectivity index (χ3v) is 6.34. The highest BCUT2D eigenvalue weighted by Crippen LogP contribution is 2.33. The third-order valence-electron chi connectivity index (χ3n) is 6.11. The van der Waals surface area contributed by atoms with Gasteiger partial charge in [-0.15, -0.1) is 0 Å². The molecule has 32 heavy (non-hydrogen) atoms. The lowest BCUT2D eigenvalue weighted by Crippen LogP contribution is -2.50. The van der Waals surface area contributed by atoms with Crippen molar-refractivity contribution in [3.05, 3.63) is 35.0 Å². The van der Waals surface area contributed by atoms with E-state index in [1.54, 1.807) is 18.2 Å². The number of rotatable bonds is 8. The van der Waals surface area contributed by atoms with Crippen molar-refractivity contribution in [2.45, 2.75) is 50.6 Å². The first-order valence-corrected chi connectivity index (χ1v) is 11.4. The Morgan fingerprint density at radius 2 is 2.00 bits per heavy atom. The fourth-order valence-corrected chi connectivity index (χ4v) is 4.31. The molecule has 2 heterocycles. The van der Waals surface area contributed by atoms with Gasteiger partial charge >= 0.3 is 0 Å². The normalized spacial score (nSPS) is 20.1. The van der Waals surface area contributed by atoms with Gasteiger partial charge in [-0.3, -0.25) is 14.4 Å². The van der Waals surface area contributed by atoms with E-state index in [2.05, 4.69) is 27.0 Å². The zero-order valence-electron chi connectivity index (χ0n) is 17.6. The number of piperidine rings is 1. The number of hydrogen-bond donors (Lipinski definition) is 4. The second kappa shape index (κ2) is 9.61. The van der Waals surface area contributed by atoms with Crippen molar-refractivity contribution in [2.24, 2.45) is 11.8 Å². The average Bonchev–Trinajstić information content (AvgIpc) is 3.49. The average molecular weight is 456 g/mol. The number of hydrogen-bond acceptors (Lipinski definition) is 4. The van der Waals surface area contributed by atoms with E-state index in [4.69, 9.17) is 11.6 Å². The summed E-state index contributed by atoms with van der Waals surface area (Å²) in [6, 6.07) is 7.57. The van der Waals surface area contributed by atoms with Gasteiger partial charge in [0.1, 0.15) is 17.8 Å². The highest BCUT2D eigenvalue weighted by molar-refractivity contribution is 6.31. The molecule has 2 aromatic rings. The van der Waals surface area contributed by atoms with Crippen LogP contribution in [-0.4, -0.2) is 41.3 Å². The number of carbonyl (C=O) groups is 3. The van der Waals surface area contributed by atoms with Gasteiger partial charge in [-0.2, -0.15) is 5.26 Å². The van der Waals surface area contributed by atoms with Crippen molar-refractivity contribution in [3.8, 4) is 6.07 Å². The summed E-state index contributed by atoms with van der Waals surface area (Å²) in [5.41, 5.74) is 1.08. The van der Waals surface area contributed by atoms with Gasteiger partial charge in [0.05, 0.1) is 6.07 Å². The molecule has 2 unspecified atom stereocenters. The van der Waals surface area contributed by atoms with E-state index in [1.807, 2.05) is 6.07 Å². The smallest absolute Gasteiger partial charge is 0.268 e. The van der Waals surface area contributed by atoms with Crippen LogP contribution in [0.1, 0.15) is 49.0 Å². The zero-order chi connectivity index (χ0) is 22.7. The van der Waals surface area contributed by atoms with Crippen LogP contribution >= 0.6 is 11.6 Å². The third kappa shape index (κ3) is 5.40. The second-order valence-corrected chi connectivity index (χ2v) is 9.11. The molecule has 2 aliphatic rings. The molecule has 1 saturated carbocycles. The van der Waals surface area contributed by atoms with Crippen molar-refractivity contribution in [1.29, 1.82) is 5.26 Å². The van der Waals surface area contributed by atoms with Crippen molar-refractivity contribution >= 4 is 40.2 Å². The highest BCUT2D eigenvalue weighted by Gasteiger charge is 2.33. The Bertz CT molecular complexity index is 1070. The van der Waals surface area contributed by atoms with Crippen LogP contribution in [0, 0.1) is 23.2 Å². The fourth-order valence-electron chi connectivity index (χ4n) is 4.14. The molecule has 1 saturated heterocycles. The van der Waals surface area contributed by atoms with E-state index >= 15 is 0 Å². The minimum atomic E-state index is -0.787. The molecule has 8 nitrogen and oxygen atoms in total. The summed E-state index contributed by atoms with van der Waals surface area (Å²) in [7, 11) is 0. The van der Waals surface area contributed by atoms with Crippen LogP contribution in [0.4, 0.5) is 0 Å². The molecular formula is C23H26ClN5O3. The van der Waals surface area contributed by atoms with Crippen LogP contribution in [-0.2, 0) is 9.59 Å². The molecule has 3 amide bonds. The molecule has 0 radical (unpaired) electrons. The quantitative estimate of drug-likeness (QED) is 0.488. The predicted octanol–water partition coefficient (Wildman–Crippen LogP) is 2.64. The van der Waals surface area contributed by atoms with E-state index in [-0.39, 0.29) is 18.2 Å². The molecule has 9 heteroatoms. The first-order chi connectivity index (χ1) is 15.4. The summed E-state index contributed by atoms with van der Waals surface area (Å²) < 4.78 is 0. The van der Waals surface area contributed by atoms with E-state index in [1.165, 1.54) is 0 Å². The van der Waals surface area contributed by atoms with Gasteiger partial charge in [-0.25, -0.2) is 0 Å². The fraction of sp³-hybridized carbons (Fsp3) is 0.478. The number of nitrogens with one attached hydrogen (secondary N) is 4. The van der Waals surface area contributed by atoms with Gasteiger partial charge in [0, 0.05) is 28.4 Å². The first-order valence-electron chi connectivity index (χ1n) is 11.0. The summed E-state index contributed by atoms with van der Waals surface area (Å²) in [4.78, 5) is 40.9. The van der Waals surface area contributed by atoms with E-state index in [0.717, 1.165) is 30.2 Å². The predicted molar refractivity (Wildman–Crippen MR) is 120 cm³/mol. The Morgan fingerprint density at radius 1 is 1.19 bits per heavy atom. The molecule has 1 aliphatic heterocycles. The molecule has 168 valence electrons. The molecule has 1 aromatic carbocycles. The Labute approximate surface area is 191 Å². The van der Waals surface area contributed by atoms with E-state index < -0.39 is 23.9 Å². The van der Waals surface area contributed by atoms with Crippen molar-refractivity contribution in [2.75, 3.05) is 6.54 Å². The van der Waals surface area contributed by atoms with Crippen molar-refractivity contribution < 1.29 is 14.4 Å². The summed E-state index contributed by atoms with van der Waals surface area (Å²) in [6.45, 7) is 0.647. The lowest BCUT2D eigenvalue weighted by molar-refractivity contribution is -0.128. The molecule has 3 atom stereocenters. The van der Waals surface area contributed by atoms with Crippen LogP contribution in [0.15, 0.2) is 24.3 Å². The lowest BCUT2D eigenvalue weighted by Gasteiger charge is -2.25. The monoisotopic (exact) mass is 455 g/mol. The number of aromatic nitrogens is 1. The number of nitriles is 1. The summed E-state index contributed by atoms with van der Waals surface area (Å²) in [5.74, 6) is -0.765. The van der Waals surface area contributed by atoms with Gasteiger partial charge in [0.2, 0.25) is 11.8 Å². The van der Waals surface area contributed by atoms with E-state index in [0.29, 0.717) is 36.0 Å². The molecule has 0 bridgehead atoms. The Balaban J connectivity index is 1.42. The number of amides is 3. The van der Waals surface area contributed by atoms with Gasteiger partial charge < -0.3 is 20.9 Å². The number of halogens is 1. The maximum absolute atomic E-state index is 13.0. The maximum Gasteiger partial charge on any atom is 0.268 e. The first kappa shape index (κ1) is 22.2. The van der Waals surface area contributed by atoms with Crippen molar-refractivity contribution in [1.82, 2.24) is 20.9 Å². The van der Waals surface area contributed by atoms with Gasteiger partial charge in [0.25, 0.3) is 5.91 Å². The topological polar surface area (TPSA) is 127 Å². The zero-order valence-corrected chi connectivity index (χ0v) is 18.4. The number of H-pyrrole nitrogens is 1. The van der Waals surface area contributed by atoms with Gasteiger partial charge in [-0.05, 0) is 49.8 Å². The maximum atomic E-state index is 13.0. The minimum absolute atomic E-state index is 0.0764. The standard InChI is InChI=1S/C23H26ClN5O3/c24-16-6-5-14-10-20(28-18(14)11-16)23(32)29-19(8-13-3-4-13)22(31)27-17(12-25)9-15-2-1-7-26-21(15)30/h5-6,10-11,13,15,17,19,28H,1-4,7-9H2,(H,26,30)(H,27,31)(H,29,32)/t15-,17?,19?/m0/s1. The number of aromatic amines is 1. The number of nitrogens with zero attached hydrogens (tertiary/aromatic N) is 1. The number of carbonyl (C=O) groups excluding carboxylic acids is 3. The van der Waals surface area contributed by atoms with Crippen LogP contribution in [0.3, 0.4) is 0 Å².